The highest BCUT2D eigenvalue weighted by atomic mass is 35.5. The summed E-state index contributed by atoms with van der Waals surface area (Å²) in [6.45, 7) is 3.69. The normalized spacial score (nSPS) is 11.1. The minimum Gasteiger partial charge on any atom is -0.504 e. The van der Waals surface area contributed by atoms with Crippen molar-refractivity contribution >= 4 is 45.9 Å². The third kappa shape index (κ3) is 7.69. The van der Waals surface area contributed by atoms with E-state index in [1.807, 2.05) is 0 Å². The molecule has 14 heteroatoms. The van der Waals surface area contributed by atoms with Crippen LogP contribution < -0.4 is 13.7 Å². The first-order valence-corrected chi connectivity index (χ1v) is 11.0. The van der Waals surface area contributed by atoms with Crippen LogP contribution in [-0.4, -0.2) is 44.8 Å². The molecule has 1 N–H and O–H groups in total. The fourth-order valence-corrected chi connectivity index (χ4v) is 3.06. The van der Waals surface area contributed by atoms with Crippen LogP contribution in [0.5, 0.6) is 23.0 Å². The molecular formula is C19H17Cl2F3O8S. The fraction of sp³-hybridized carbons (Fsp3) is 0.263. The Balaban J connectivity index is 0.000000361. The van der Waals surface area contributed by atoms with Crippen molar-refractivity contribution in [1.29, 1.82) is 0 Å². The van der Waals surface area contributed by atoms with E-state index in [2.05, 4.69) is 4.18 Å². The third-order valence-electron chi connectivity index (χ3n) is 3.45. The lowest BCUT2D eigenvalue weighted by atomic mass is 10.2. The number of alkyl halides is 3. The molecule has 0 unspecified atom stereocenters. The Labute approximate surface area is 196 Å². The first-order chi connectivity index (χ1) is 15.3. The molecule has 0 fully saturated rings. The van der Waals surface area contributed by atoms with Crippen LogP contribution in [0.3, 0.4) is 0 Å². The first kappa shape index (κ1) is 28.3. The van der Waals surface area contributed by atoms with Crippen LogP contribution in [0.2, 0.25) is 10.0 Å². The maximum absolute atomic E-state index is 12.3. The second-order valence-corrected chi connectivity index (χ2v) is 8.16. The van der Waals surface area contributed by atoms with Gasteiger partial charge in [0.05, 0.1) is 24.3 Å². The summed E-state index contributed by atoms with van der Waals surface area (Å²) in [5.74, 6) is -1.17. The third-order valence-corrected chi connectivity index (χ3v) is 4.84. The van der Waals surface area contributed by atoms with Crippen molar-refractivity contribution in [2.75, 3.05) is 13.2 Å². The highest BCUT2D eigenvalue weighted by Crippen LogP contribution is 2.37. The van der Waals surface area contributed by atoms with Crippen molar-refractivity contribution in [1.82, 2.24) is 0 Å². The average Bonchev–Trinajstić information content (AvgIpc) is 2.72. The fourth-order valence-electron chi connectivity index (χ4n) is 2.13. The van der Waals surface area contributed by atoms with Crippen molar-refractivity contribution in [2.45, 2.75) is 19.4 Å². The van der Waals surface area contributed by atoms with E-state index in [4.69, 9.17) is 32.7 Å². The van der Waals surface area contributed by atoms with Gasteiger partial charge in [0.1, 0.15) is 0 Å². The summed E-state index contributed by atoms with van der Waals surface area (Å²) >= 11 is 11.3. The Kier molecular flexibility index (Phi) is 10.3. The number of hydrogen-bond donors (Lipinski definition) is 1. The summed E-state index contributed by atoms with van der Waals surface area (Å²) in [6.07, 6.45) is 0.638. The summed E-state index contributed by atoms with van der Waals surface area (Å²) in [5, 5.41) is 9.77. The lowest BCUT2D eigenvalue weighted by Crippen LogP contribution is -2.28. The number of ether oxygens (including phenoxy) is 2. The number of aldehydes is 2. The van der Waals surface area contributed by atoms with E-state index in [9.17, 15) is 36.3 Å². The molecule has 33 heavy (non-hydrogen) atoms. The number of phenols is 1. The molecule has 2 aromatic carbocycles. The maximum Gasteiger partial charge on any atom is 0.534 e. The molecule has 0 atom stereocenters. The molecule has 0 aliphatic heterocycles. The van der Waals surface area contributed by atoms with Gasteiger partial charge in [-0.3, -0.25) is 9.59 Å². The van der Waals surface area contributed by atoms with Gasteiger partial charge >= 0.3 is 15.6 Å². The Hall–Kier alpha value is -2.70. The number of rotatable bonds is 8. The monoisotopic (exact) mass is 532 g/mol. The van der Waals surface area contributed by atoms with E-state index in [0.717, 1.165) is 12.1 Å². The number of benzene rings is 2. The lowest BCUT2D eigenvalue weighted by Gasteiger charge is -2.15. The number of phenolic OH excluding ortho intramolecular Hbond substituents is 1. The first-order valence-electron chi connectivity index (χ1n) is 8.83. The van der Waals surface area contributed by atoms with Gasteiger partial charge in [0.25, 0.3) is 0 Å². The van der Waals surface area contributed by atoms with Gasteiger partial charge in [-0.1, -0.05) is 23.2 Å². The molecule has 8 nitrogen and oxygen atoms in total. The molecule has 2 aromatic rings. The zero-order valence-corrected chi connectivity index (χ0v) is 19.3. The largest absolute Gasteiger partial charge is 0.534 e. The van der Waals surface area contributed by atoms with E-state index in [-0.39, 0.29) is 40.7 Å². The van der Waals surface area contributed by atoms with Gasteiger partial charge in [-0.15, -0.1) is 0 Å². The molecule has 0 aliphatic carbocycles. The predicted octanol–water partition coefficient (Wildman–Crippen LogP) is 5.04. The van der Waals surface area contributed by atoms with Crippen molar-refractivity contribution in [3.63, 3.8) is 0 Å². The summed E-state index contributed by atoms with van der Waals surface area (Å²) in [5.41, 5.74) is -5.97. The van der Waals surface area contributed by atoms with Crippen LogP contribution in [0.4, 0.5) is 13.2 Å². The topological polar surface area (TPSA) is 116 Å². The predicted molar refractivity (Wildman–Crippen MR) is 113 cm³/mol. The van der Waals surface area contributed by atoms with Crippen molar-refractivity contribution < 1.29 is 49.9 Å². The van der Waals surface area contributed by atoms with Gasteiger partial charge in [0.2, 0.25) is 0 Å². The molecule has 0 heterocycles. The second-order valence-electron chi connectivity index (χ2n) is 5.75. The number of hydrogen-bond acceptors (Lipinski definition) is 8. The van der Waals surface area contributed by atoms with Crippen LogP contribution in [0.25, 0.3) is 0 Å². The summed E-state index contributed by atoms with van der Waals surface area (Å²) < 4.78 is 72.8. The van der Waals surface area contributed by atoms with E-state index in [1.54, 1.807) is 6.92 Å². The molecule has 0 spiro atoms. The highest BCUT2D eigenvalue weighted by Gasteiger charge is 2.49. The minimum atomic E-state index is -5.92. The number of carbonyl (C=O) groups excluding carboxylic acids is 2. The second kappa shape index (κ2) is 12.0. The van der Waals surface area contributed by atoms with Crippen molar-refractivity contribution in [3.05, 3.63) is 45.4 Å². The Morgan fingerprint density at radius 2 is 1.36 bits per heavy atom. The molecule has 2 rings (SSSR count). The Morgan fingerprint density at radius 3 is 1.82 bits per heavy atom. The van der Waals surface area contributed by atoms with Crippen molar-refractivity contribution in [3.8, 4) is 23.0 Å². The van der Waals surface area contributed by atoms with E-state index < -0.39 is 26.9 Å². The van der Waals surface area contributed by atoms with E-state index in [1.165, 1.54) is 19.1 Å². The van der Waals surface area contributed by atoms with E-state index in [0.29, 0.717) is 17.9 Å². The van der Waals surface area contributed by atoms with E-state index >= 15 is 0 Å². The number of aromatic hydroxyl groups is 1. The van der Waals surface area contributed by atoms with Crippen LogP contribution >= 0.6 is 23.2 Å². The standard InChI is InChI=1S/C10H8ClF3O5S.C9H9ClO3/c1-2-18-8-4-7(11)3-6(5-15)9(8)19-20(16,17)10(12,13)14;1-2-13-8-4-7(10)3-6(5-11)9(8)12/h3-5H,2H2,1H3;3-5,12H,2H2,1H3. The molecule has 0 radical (unpaired) electrons. The maximum atomic E-state index is 12.3. The molecular weight excluding hydrogens is 516 g/mol. The average molecular weight is 533 g/mol. The molecule has 0 aliphatic rings. The van der Waals surface area contributed by atoms with Gasteiger partial charge in [-0.2, -0.15) is 21.6 Å². The quantitative estimate of drug-likeness (QED) is 0.285. The lowest BCUT2D eigenvalue weighted by molar-refractivity contribution is -0.0500. The minimum absolute atomic E-state index is 0.00106. The summed E-state index contributed by atoms with van der Waals surface area (Å²) in [6, 6.07) is 4.84. The smallest absolute Gasteiger partial charge is 0.504 e. The molecule has 0 saturated carbocycles. The zero-order chi connectivity index (χ0) is 25.4. The SMILES string of the molecule is CCOc1cc(Cl)cc(C=O)c1O.CCOc1cc(Cl)cc(C=O)c1OS(=O)(=O)C(F)(F)F. The van der Waals surface area contributed by atoms with Gasteiger partial charge in [-0.05, 0) is 26.0 Å². The molecule has 0 saturated heterocycles. The molecule has 0 aromatic heterocycles. The van der Waals surface area contributed by atoms with Gasteiger partial charge in [0, 0.05) is 22.2 Å². The van der Waals surface area contributed by atoms with Gasteiger partial charge in [0.15, 0.2) is 35.6 Å². The Morgan fingerprint density at radius 1 is 0.909 bits per heavy atom. The van der Waals surface area contributed by atoms with Crippen LogP contribution in [0.15, 0.2) is 24.3 Å². The van der Waals surface area contributed by atoms with Gasteiger partial charge < -0.3 is 18.8 Å². The van der Waals surface area contributed by atoms with Crippen LogP contribution in [0, 0.1) is 0 Å². The summed E-state index contributed by atoms with van der Waals surface area (Å²) in [4.78, 5) is 21.3. The van der Waals surface area contributed by atoms with Gasteiger partial charge in [-0.25, -0.2) is 0 Å². The number of carbonyl (C=O) groups is 2. The summed E-state index contributed by atoms with van der Waals surface area (Å²) in [7, 11) is -5.92. The number of halogens is 5. The molecule has 182 valence electrons. The highest BCUT2D eigenvalue weighted by molar-refractivity contribution is 7.88. The van der Waals surface area contributed by atoms with Crippen LogP contribution in [-0.2, 0) is 10.1 Å². The van der Waals surface area contributed by atoms with Crippen molar-refractivity contribution in [2.24, 2.45) is 0 Å². The Bertz CT molecular complexity index is 1110. The molecule has 0 bridgehead atoms. The molecule has 0 amide bonds. The van der Waals surface area contributed by atoms with Crippen LogP contribution in [0.1, 0.15) is 34.6 Å². The zero-order valence-electron chi connectivity index (χ0n) is 17.0.